The predicted octanol–water partition coefficient (Wildman–Crippen LogP) is 2.64. The fourth-order valence-electron chi connectivity index (χ4n) is 1.52. The Kier molecular flexibility index (Phi) is 4.95. The summed E-state index contributed by atoms with van der Waals surface area (Å²) < 4.78 is 28.3. The average Bonchev–Trinajstić information content (AvgIpc) is 2.87. The molecule has 8 heteroatoms. The lowest BCUT2D eigenvalue weighted by Crippen LogP contribution is -2.15. The molecule has 1 heterocycles. The molecule has 1 N–H and O–H groups in total. The van der Waals surface area contributed by atoms with Gasteiger partial charge in [0.05, 0.1) is 10.6 Å². The van der Waals surface area contributed by atoms with E-state index in [1.807, 2.05) is 6.92 Å². The second-order valence-corrected chi connectivity index (χ2v) is 7.37. The first kappa shape index (κ1) is 15.2. The van der Waals surface area contributed by atoms with Crippen molar-refractivity contribution in [3.8, 4) is 0 Å². The molecule has 0 atom stereocenters. The maximum atomic E-state index is 12.1. The van der Waals surface area contributed by atoms with E-state index in [-0.39, 0.29) is 10.6 Å². The Morgan fingerprint density at radius 2 is 2.00 bits per heavy atom. The van der Waals surface area contributed by atoms with Crippen molar-refractivity contribution in [2.75, 3.05) is 17.6 Å². The summed E-state index contributed by atoms with van der Waals surface area (Å²) >= 11 is 6.98. The minimum atomic E-state index is -3.31. The normalized spacial score (nSPS) is 11.5. The predicted molar refractivity (Wildman–Crippen MR) is 81.3 cm³/mol. The van der Waals surface area contributed by atoms with E-state index in [1.54, 1.807) is 12.1 Å². The number of sulfone groups is 1. The van der Waals surface area contributed by atoms with E-state index in [0.29, 0.717) is 16.7 Å². The van der Waals surface area contributed by atoms with Crippen LogP contribution in [0.3, 0.4) is 0 Å². The highest BCUT2D eigenvalue weighted by Crippen LogP contribution is 2.16. The van der Waals surface area contributed by atoms with E-state index in [1.165, 1.54) is 23.7 Å². The molecule has 20 heavy (non-hydrogen) atoms. The molecule has 1 aromatic carbocycles. The van der Waals surface area contributed by atoms with Crippen molar-refractivity contribution < 1.29 is 8.42 Å². The van der Waals surface area contributed by atoms with Gasteiger partial charge in [0.15, 0.2) is 9.84 Å². The molecule has 5 nitrogen and oxygen atoms in total. The molecule has 0 saturated heterocycles. The summed E-state index contributed by atoms with van der Waals surface area (Å²) in [5.74, 6) is 0.758. The number of nitrogens with one attached hydrogen (secondary N) is 1. The topological polar surface area (TPSA) is 72.0 Å². The van der Waals surface area contributed by atoms with Crippen LogP contribution in [0.2, 0.25) is 5.02 Å². The maximum Gasteiger partial charge on any atom is 0.202 e. The highest BCUT2D eigenvalue weighted by molar-refractivity contribution is 7.91. The molecule has 0 spiro atoms. The highest BCUT2D eigenvalue weighted by atomic mass is 35.5. The summed E-state index contributed by atoms with van der Waals surface area (Å²) in [5.41, 5.74) is 0. The highest BCUT2D eigenvalue weighted by Gasteiger charge is 2.14. The van der Waals surface area contributed by atoms with Crippen LogP contribution in [0.25, 0.3) is 0 Å². The smallest absolute Gasteiger partial charge is 0.202 e. The molecule has 0 aliphatic carbocycles. The minimum Gasteiger partial charge on any atom is -0.359 e. The molecule has 0 fully saturated rings. The Labute approximate surface area is 127 Å². The monoisotopic (exact) mass is 331 g/mol. The molecule has 1 aromatic heterocycles. The number of nitrogens with zero attached hydrogens (tertiary/aromatic N) is 2. The lowest BCUT2D eigenvalue weighted by Gasteiger charge is -2.05. The number of benzene rings is 1. The quantitative estimate of drug-likeness (QED) is 0.881. The van der Waals surface area contributed by atoms with Gasteiger partial charge in [0.2, 0.25) is 5.13 Å². The number of anilines is 1. The summed E-state index contributed by atoms with van der Waals surface area (Å²) in [4.78, 5) is 4.49. The van der Waals surface area contributed by atoms with Gasteiger partial charge >= 0.3 is 0 Å². The number of aromatic nitrogens is 2. The van der Waals surface area contributed by atoms with Gasteiger partial charge in [-0.05, 0) is 24.3 Å². The van der Waals surface area contributed by atoms with Crippen LogP contribution in [-0.2, 0) is 16.3 Å². The maximum absolute atomic E-state index is 12.1. The van der Waals surface area contributed by atoms with E-state index < -0.39 is 9.84 Å². The fraction of sp³-hybridized carbons (Fsp3) is 0.333. The molecule has 0 saturated carbocycles. The van der Waals surface area contributed by atoms with Gasteiger partial charge in [-0.25, -0.2) is 13.4 Å². The average molecular weight is 332 g/mol. The van der Waals surface area contributed by atoms with Crippen molar-refractivity contribution >= 4 is 38.1 Å². The zero-order valence-electron chi connectivity index (χ0n) is 10.8. The Morgan fingerprint density at radius 1 is 1.30 bits per heavy atom. The largest absolute Gasteiger partial charge is 0.359 e. The Balaban J connectivity index is 1.94. The zero-order chi connectivity index (χ0) is 14.6. The van der Waals surface area contributed by atoms with Crippen molar-refractivity contribution in [2.45, 2.75) is 18.2 Å². The van der Waals surface area contributed by atoms with Crippen LogP contribution in [0, 0.1) is 0 Å². The fourth-order valence-corrected chi connectivity index (χ4v) is 3.48. The molecule has 0 radical (unpaired) electrons. The van der Waals surface area contributed by atoms with Crippen molar-refractivity contribution in [1.82, 2.24) is 9.36 Å². The second-order valence-electron chi connectivity index (χ2n) is 4.07. The third-order valence-corrected chi connectivity index (χ3v) is 5.30. The number of halogens is 1. The number of rotatable bonds is 6. The van der Waals surface area contributed by atoms with Crippen LogP contribution < -0.4 is 5.32 Å². The second kappa shape index (κ2) is 6.51. The van der Waals surface area contributed by atoms with Gasteiger partial charge in [-0.3, -0.25) is 0 Å². The van der Waals surface area contributed by atoms with Crippen LogP contribution in [0.4, 0.5) is 5.13 Å². The molecular weight excluding hydrogens is 318 g/mol. The van der Waals surface area contributed by atoms with E-state index in [9.17, 15) is 8.42 Å². The van der Waals surface area contributed by atoms with Crippen molar-refractivity contribution in [1.29, 1.82) is 0 Å². The molecule has 0 aliphatic rings. The van der Waals surface area contributed by atoms with E-state index in [4.69, 9.17) is 11.6 Å². The summed E-state index contributed by atoms with van der Waals surface area (Å²) in [6.07, 6.45) is 0.765. The molecule has 0 amide bonds. The third kappa shape index (κ3) is 3.91. The lowest BCUT2D eigenvalue weighted by molar-refractivity contribution is 0.596. The molecule has 0 aliphatic heterocycles. The van der Waals surface area contributed by atoms with Gasteiger partial charge < -0.3 is 5.32 Å². The first-order valence-corrected chi connectivity index (χ1v) is 8.86. The van der Waals surface area contributed by atoms with E-state index in [0.717, 1.165) is 12.2 Å². The molecule has 108 valence electrons. The Morgan fingerprint density at radius 3 is 2.60 bits per heavy atom. The molecule has 2 rings (SSSR count). The summed E-state index contributed by atoms with van der Waals surface area (Å²) in [5, 5.41) is 4.14. The minimum absolute atomic E-state index is 0.00429. The van der Waals surface area contributed by atoms with Gasteiger partial charge in [-0.1, -0.05) is 18.5 Å². The Hall–Kier alpha value is -1.18. The lowest BCUT2D eigenvalue weighted by atomic mass is 10.4. The molecule has 0 unspecified atom stereocenters. The zero-order valence-corrected chi connectivity index (χ0v) is 13.2. The molecule has 0 bridgehead atoms. The summed E-state index contributed by atoms with van der Waals surface area (Å²) in [6.45, 7) is 2.26. The first-order valence-electron chi connectivity index (χ1n) is 6.06. The van der Waals surface area contributed by atoms with Gasteiger partial charge in [0, 0.05) is 29.5 Å². The van der Waals surface area contributed by atoms with Gasteiger partial charge in [-0.2, -0.15) is 4.37 Å². The Bertz CT molecular complexity index is 668. The number of hydrogen-bond acceptors (Lipinski definition) is 6. The molecular formula is C12H14ClN3O2S2. The standard InChI is InChI=1S/C12H14ClN3O2S2/c1-2-11-15-12(19-16-11)14-7-8-20(17,18)10-5-3-9(13)4-6-10/h3-6H,2,7-8H2,1H3,(H,14,15,16). The van der Waals surface area contributed by atoms with E-state index >= 15 is 0 Å². The van der Waals surface area contributed by atoms with Crippen LogP contribution >= 0.6 is 23.1 Å². The number of hydrogen-bond donors (Lipinski definition) is 1. The van der Waals surface area contributed by atoms with Gasteiger partial charge in [0.25, 0.3) is 0 Å². The van der Waals surface area contributed by atoms with Gasteiger partial charge in [0.1, 0.15) is 5.82 Å². The van der Waals surface area contributed by atoms with Gasteiger partial charge in [-0.15, -0.1) is 0 Å². The van der Waals surface area contributed by atoms with Crippen molar-refractivity contribution in [3.63, 3.8) is 0 Å². The summed E-state index contributed by atoms with van der Waals surface area (Å²) in [7, 11) is -3.31. The van der Waals surface area contributed by atoms with Crippen LogP contribution in [0.15, 0.2) is 29.2 Å². The van der Waals surface area contributed by atoms with Crippen molar-refractivity contribution in [2.24, 2.45) is 0 Å². The van der Waals surface area contributed by atoms with Crippen molar-refractivity contribution in [3.05, 3.63) is 35.1 Å². The SMILES string of the molecule is CCc1nsc(NCCS(=O)(=O)c2ccc(Cl)cc2)n1. The number of aryl methyl sites for hydroxylation is 1. The first-order chi connectivity index (χ1) is 9.51. The van der Waals surface area contributed by atoms with Crippen LogP contribution in [0.1, 0.15) is 12.7 Å². The summed E-state index contributed by atoms with van der Waals surface area (Å²) in [6, 6.07) is 6.16. The van der Waals surface area contributed by atoms with E-state index in [2.05, 4.69) is 14.7 Å². The third-order valence-electron chi connectivity index (χ3n) is 2.60. The molecule has 2 aromatic rings. The van der Waals surface area contributed by atoms with Crippen LogP contribution in [-0.4, -0.2) is 30.1 Å². The van der Waals surface area contributed by atoms with Crippen LogP contribution in [0.5, 0.6) is 0 Å².